The van der Waals surface area contributed by atoms with Crippen LogP contribution in [0.2, 0.25) is 0 Å². The lowest BCUT2D eigenvalue weighted by molar-refractivity contribution is -0.137. The number of nitrogens with zero attached hydrogens (tertiary/aromatic N) is 3. The number of sulfonamides is 1. The molecule has 34 heavy (non-hydrogen) atoms. The fourth-order valence-electron chi connectivity index (χ4n) is 3.77. The van der Waals surface area contributed by atoms with Crippen LogP contribution in [0.1, 0.15) is 38.6 Å². The van der Waals surface area contributed by atoms with Crippen molar-refractivity contribution in [2.75, 3.05) is 18.4 Å². The fraction of sp³-hybridized carbons (Fsp3) is 0.391. The quantitative estimate of drug-likeness (QED) is 0.466. The molecule has 3 rings (SSSR count). The summed E-state index contributed by atoms with van der Waals surface area (Å²) in [6.07, 6.45) is -4.09. The monoisotopic (exact) mass is 496 g/mol. The number of aromatic nitrogens is 2. The maximum Gasteiger partial charge on any atom is 0.416 e. The molecule has 0 aliphatic heterocycles. The van der Waals surface area contributed by atoms with Gasteiger partial charge in [0.25, 0.3) is 0 Å². The number of benzene rings is 2. The summed E-state index contributed by atoms with van der Waals surface area (Å²) >= 11 is 0. The van der Waals surface area contributed by atoms with Crippen LogP contribution in [0.15, 0.2) is 47.4 Å². The lowest BCUT2D eigenvalue weighted by atomic mass is 10.2. The Morgan fingerprint density at radius 2 is 1.71 bits per heavy atom. The number of hydrogen-bond acceptors (Lipinski definition) is 4. The van der Waals surface area contributed by atoms with Crippen LogP contribution in [0.3, 0.4) is 0 Å². The molecule has 0 radical (unpaired) electrons. The maximum absolute atomic E-state index is 12.8. The maximum atomic E-state index is 12.8. The van der Waals surface area contributed by atoms with Gasteiger partial charge >= 0.3 is 6.18 Å². The van der Waals surface area contributed by atoms with E-state index in [1.54, 1.807) is 32.0 Å². The van der Waals surface area contributed by atoms with Crippen LogP contribution in [-0.2, 0) is 34.0 Å². The number of aryl methyl sites for hydroxylation is 2. The van der Waals surface area contributed by atoms with Gasteiger partial charge in [0.15, 0.2) is 0 Å². The average molecular weight is 497 g/mol. The van der Waals surface area contributed by atoms with E-state index in [4.69, 9.17) is 0 Å². The number of imidazole rings is 1. The highest BCUT2D eigenvalue weighted by Crippen LogP contribution is 2.30. The molecule has 0 aliphatic rings. The van der Waals surface area contributed by atoms with E-state index in [1.807, 2.05) is 11.5 Å². The average Bonchev–Trinajstić information content (AvgIpc) is 3.14. The summed E-state index contributed by atoms with van der Waals surface area (Å²) in [6, 6.07) is 9.06. The lowest BCUT2D eigenvalue weighted by Gasteiger charge is -2.18. The van der Waals surface area contributed by atoms with Gasteiger partial charge in [-0.2, -0.15) is 17.5 Å². The van der Waals surface area contributed by atoms with Crippen LogP contribution in [-0.4, -0.2) is 41.3 Å². The first-order valence-electron chi connectivity index (χ1n) is 11.0. The third-order valence-electron chi connectivity index (χ3n) is 5.53. The largest absolute Gasteiger partial charge is 0.416 e. The zero-order valence-corrected chi connectivity index (χ0v) is 20.0. The van der Waals surface area contributed by atoms with Crippen LogP contribution in [0.5, 0.6) is 0 Å². The first-order valence-corrected chi connectivity index (χ1v) is 12.4. The molecule has 0 spiro atoms. The second kappa shape index (κ2) is 10.1. The van der Waals surface area contributed by atoms with Crippen molar-refractivity contribution in [3.63, 3.8) is 0 Å². The molecule has 1 amide bonds. The molecule has 3 aromatic rings. The Balaban J connectivity index is 1.76. The standard InChI is InChI=1S/C23H27F3N4O3S/c1-4-29(5-2)34(32,33)18-11-12-20-19(15-18)28-21(30(20)6-3)13-14-22(31)27-17-9-7-16(8-10-17)23(24,25)26/h7-12,15H,4-6,13-14H2,1-3H3,(H,27,31). The third-order valence-corrected chi connectivity index (χ3v) is 7.58. The Labute approximate surface area is 196 Å². The fourth-order valence-corrected chi connectivity index (χ4v) is 5.25. The molecule has 11 heteroatoms. The van der Waals surface area contributed by atoms with Crippen LogP contribution < -0.4 is 5.32 Å². The van der Waals surface area contributed by atoms with Gasteiger partial charge in [0, 0.05) is 38.2 Å². The number of carbonyl (C=O) groups excluding carboxylic acids is 1. The van der Waals surface area contributed by atoms with Crippen molar-refractivity contribution in [1.29, 1.82) is 0 Å². The molecule has 0 bridgehead atoms. The highest BCUT2D eigenvalue weighted by Gasteiger charge is 2.30. The number of halogens is 3. The van der Waals surface area contributed by atoms with Crippen molar-refractivity contribution in [1.82, 2.24) is 13.9 Å². The van der Waals surface area contributed by atoms with E-state index in [2.05, 4.69) is 10.3 Å². The summed E-state index contributed by atoms with van der Waals surface area (Å²) < 4.78 is 67.0. The number of alkyl halides is 3. The molecule has 2 aromatic carbocycles. The zero-order valence-electron chi connectivity index (χ0n) is 19.2. The van der Waals surface area contributed by atoms with Crippen LogP contribution in [0.4, 0.5) is 18.9 Å². The smallest absolute Gasteiger partial charge is 0.328 e. The van der Waals surface area contributed by atoms with Gasteiger partial charge < -0.3 is 9.88 Å². The van der Waals surface area contributed by atoms with Gasteiger partial charge in [0.05, 0.1) is 21.5 Å². The van der Waals surface area contributed by atoms with Gasteiger partial charge in [-0.25, -0.2) is 13.4 Å². The minimum Gasteiger partial charge on any atom is -0.328 e. The van der Waals surface area contributed by atoms with E-state index in [9.17, 15) is 26.4 Å². The summed E-state index contributed by atoms with van der Waals surface area (Å²) in [7, 11) is -3.63. The van der Waals surface area contributed by atoms with E-state index in [1.165, 1.54) is 16.4 Å². The first kappa shape index (κ1) is 25.7. The molecule has 0 atom stereocenters. The molecule has 1 heterocycles. The normalized spacial score (nSPS) is 12.4. The van der Waals surface area contributed by atoms with Gasteiger partial charge in [-0.05, 0) is 49.4 Å². The van der Waals surface area contributed by atoms with E-state index >= 15 is 0 Å². The SMILES string of the molecule is CCN(CC)S(=O)(=O)c1ccc2c(c1)nc(CCC(=O)Nc1ccc(C(F)(F)F)cc1)n2CC. The van der Waals surface area contributed by atoms with Crippen molar-refractivity contribution >= 4 is 32.7 Å². The number of fused-ring (bicyclic) bond motifs is 1. The molecular formula is C23H27F3N4O3S. The van der Waals surface area contributed by atoms with E-state index in [0.717, 1.165) is 17.6 Å². The van der Waals surface area contributed by atoms with E-state index in [0.29, 0.717) is 31.0 Å². The minimum atomic E-state index is -4.44. The van der Waals surface area contributed by atoms with Gasteiger partial charge in [0.1, 0.15) is 5.82 Å². The van der Waals surface area contributed by atoms with Crippen molar-refractivity contribution < 1.29 is 26.4 Å². The molecule has 1 N–H and O–H groups in total. The molecule has 1 aromatic heterocycles. The Morgan fingerprint density at radius 1 is 1.06 bits per heavy atom. The number of anilines is 1. The van der Waals surface area contributed by atoms with Gasteiger partial charge in [-0.15, -0.1) is 0 Å². The highest BCUT2D eigenvalue weighted by atomic mass is 32.2. The Morgan fingerprint density at radius 3 is 2.26 bits per heavy atom. The van der Waals surface area contributed by atoms with Crippen LogP contribution in [0.25, 0.3) is 11.0 Å². The Hall–Kier alpha value is -2.92. The summed E-state index contributed by atoms with van der Waals surface area (Å²) in [5, 5.41) is 2.59. The van der Waals surface area contributed by atoms with E-state index in [-0.39, 0.29) is 29.3 Å². The number of amides is 1. The zero-order chi connectivity index (χ0) is 25.1. The van der Waals surface area contributed by atoms with Gasteiger partial charge in [0.2, 0.25) is 15.9 Å². The minimum absolute atomic E-state index is 0.0644. The van der Waals surface area contributed by atoms with E-state index < -0.39 is 21.8 Å². The van der Waals surface area contributed by atoms with Crippen molar-refractivity contribution in [2.24, 2.45) is 0 Å². The van der Waals surface area contributed by atoms with Crippen molar-refractivity contribution in [3.05, 3.63) is 53.9 Å². The molecule has 0 saturated heterocycles. The molecule has 0 aliphatic carbocycles. The predicted octanol–water partition coefficient (Wildman–Crippen LogP) is 4.68. The summed E-state index contributed by atoms with van der Waals surface area (Å²) in [6.45, 7) is 6.78. The molecule has 7 nitrogen and oxygen atoms in total. The van der Waals surface area contributed by atoms with Crippen molar-refractivity contribution in [3.8, 4) is 0 Å². The van der Waals surface area contributed by atoms with Gasteiger partial charge in [-0.3, -0.25) is 4.79 Å². The summed E-state index contributed by atoms with van der Waals surface area (Å²) in [4.78, 5) is 17.1. The lowest BCUT2D eigenvalue weighted by Crippen LogP contribution is -2.30. The Bertz CT molecular complexity index is 1270. The highest BCUT2D eigenvalue weighted by molar-refractivity contribution is 7.89. The summed E-state index contributed by atoms with van der Waals surface area (Å²) in [5.41, 5.74) is 0.769. The summed E-state index contributed by atoms with van der Waals surface area (Å²) in [5.74, 6) is 0.261. The number of nitrogens with one attached hydrogen (secondary N) is 1. The van der Waals surface area contributed by atoms with Crippen molar-refractivity contribution in [2.45, 2.75) is 51.2 Å². The van der Waals surface area contributed by atoms with Crippen LogP contribution in [0, 0.1) is 0 Å². The van der Waals surface area contributed by atoms with Crippen LogP contribution >= 0.6 is 0 Å². The first-order chi connectivity index (χ1) is 16.0. The third kappa shape index (κ3) is 5.41. The topological polar surface area (TPSA) is 84.3 Å². The second-order valence-electron chi connectivity index (χ2n) is 7.64. The molecule has 0 fully saturated rings. The number of carbonyl (C=O) groups is 1. The molecular weight excluding hydrogens is 469 g/mol. The Kier molecular flexibility index (Phi) is 7.67. The molecule has 184 valence electrons. The molecule has 0 unspecified atom stereocenters. The number of hydrogen-bond donors (Lipinski definition) is 1. The second-order valence-corrected chi connectivity index (χ2v) is 9.57. The van der Waals surface area contributed by atoms with Gasteiger partial charge in [-0.1, -0.05) is 13.8 Å². The predicted molar refractivity (Wildman–Crippen MR) is 124 cm³/mol. The number of rotatable bonds is 9. The molecule has 0 saturated carbocycles.